The first-order valence-electron chi connectivity index (χ1n) is 9.39. The van der Waals surface area contributed by atoms with Gasteiger partial charge in [0.25, 0.3) is 5.91 Å². The third kappa shape index (κ3) is 3.67. The van der Waals surface area contributed by atoms with E-state index in [-0.39, 0.29) is 11.3 Å². The van der Waals surface area contributed by atoms with Crippen LogP contribution in [0.15, 0.2) is 36.4 Å². The molecule has 30 heavy (non-hydrogen) atoms. The molecule has 0 aliphatic heterocycles. The lowest BCUT2D eigenvalue weighted by Crippen LogP contribution is -2.27. The zero-order valence-electron chi connectivity index (χ0n) is 17.4. The van der Waals surface area contributed by atoms with Crippen LogP contribution < -0.4 is 4.74 Å². The SMILES string of the molecule is COc1cc2c(C(C(=O)O)C(C)(C)C)c(C)n(C(=O)c3ccc(Cl)cc3)c2cc1F. The van der Waals surface area contributed by atoms with Gasteiger partial charge in [-0.1, -0.05) is 32.4 Å². The summed E-state index contributed by atoms with van der Waals surface area (Å²) in [7, 11) is 1.34. The number of fused-ring (bicyclic) bond motifs is 1. The van der Waals surface area contributed by atoms with Crippen LogP contribution in [0.4, 0.5) is 4.39 Å². The van der Waals surface area contributed by atoms with E-state index in [0.29, 0.717) is 27.2 Å². The lowest BCUT2D eigenvalue weighted by atomic mass is 9.75. The fourth-order valence-electron chi connectivity index (χ4n) is 3.87. The number of aliphatic carboxylic acids is 1. The van der Waals surface area contributed by atoms with Crippen LogP contribution in [0.25, 0.3) is 10.9 Å². The number of benzene rings is 2. The van der Waals surface area contributed by atoms with Gasteiger partial charge in [-0.15, -0.1) is 0 Å². The van der Waals surface area contributed by atoms with E-state index < -0.39 is 29.0 Å². The first-order chi connectivity index (χ1) is 14.0. The van der Waals surface area contributed by atoms with Gasteiger partial charge in [-0.3, -0.25) is 14.2 Å². The highest BCUT2D eigenvalue weighted by molar-refractivity contribution is 6.30. The number of nitrogens with zero attached hydrogens (tertiary/aromatic N) is 1. The molecule has 0 saturated carbocycles. The summed E-state index contributed by atoms with van der Waals surface area (Å²) in [6.45, 7) is 7.12. The largest absolute Gasteiger partial charge is 0.494 e. The van der Waals surface area contributed by atoms with Crippen molar-refractivity contribution in [2.75, 3.05) is 7.11 Å². The third-order valence-corrected chi connectivity index (χ3v) is 5.47. The second-order valence-electron chi connectivity index (χ2n) is 8.29. The average molecular weight is 432 g/mol. The minimum atomic E-state index is -1.02. The summed E-state index contributed by atoms with van der Waals surface area (Å²) < 4.78 is 21.0. The van der Waals surface area contributed by atoms with Crippen molar-refractivity contribution < 1.29 is 23.8 Å². The van der Waals surface area contributed by atoms with Gasteiger partial charge in [-0.05, 0) is 48.2 Å². The fraction of sp³-hybridized carbons (Fsp3) is 0.304. The number of carboxylic acids is 1. The van der Waals surface area contributed by atoms with E-state index in [0.717, 1.165) is 0 Å². The maximum atomic E-state index is 14.6. The normalized spacial score (nSPS) is 12.8. The molecule has 0 aliphatic carbocycles. The number of rotatable bonds is 4. The van der Waals surface area contributed by atoms with Crippen LogP contribution in [0.2, 0.25) is 5.02 Å². The molecule has 2 aromatic carbocycles. The molecule has 0 saturated heterocycles. The molecule has 3 aromatic rings. The fourth-order valence-corrected chi connectivity index (χ4v) is 4.00. The molecule has 1 unspecified atom stereocenters. The quantitative estimate of drug-likeness (QED) is 0.579. The molecule has 0 radical (unpaired) electrons. The summed E-state index contributed by atoms with van der Waals surface area (Å²) in [6, 6.07) is 9.01. The Morgan fingerprint density at radius 1 is 1.17 bits per heavy atom. The summed E-state index contributed by atoms with van der Waals surface area (Å²) in [5, 5.41) is 11.0. The highest BCUT2D eigenvalue weighted by atomic mass is 35.5. The summed E-state index contributed by atoms with van der Waals surface area (Å²) in [5.41, 5.74) is 0.896. The maximum Gasteiger partial charge on any atom is 0.311 e. The number of carbonyl (C=O) groups is 2. The van der Waals surface area contributed by atoms with Gasteiger partial charge in [0.15, 0.2) is 11.6 Å². The molecule has 158 valence electrons. The van der Waals surface area contributed by atoms with Crippen molar-refractivity contribution in [3.05, 3.63) is 64.1 Å². The second-order valence-corrected chi connectivity index (χ2v) is 8.72. The number of aromatic nitrogens is 1. The van der Waals surface area contributed by atoms with Gasteiger partial charge >= 0.3 is 5.97 Å². The zero-order valence-corrected chi connectivity index (χ0v) is 18.2. The Balaban J connectivity index is 2.40. The van der Waals surface area contributed by atoms with Gasteiger partial charge in [0.1, 0.15) is 0 Å². The highest BCUT2D eigenvalue weighted by Crippen LogP contribution is 2.43. The second kappa shape index (κ2) is 7.76. The molecule has 3 rings (SSSR count). The monoisotopic (exact) mass is 431 g/mol. The van der Waals surface area contributed by atoms with E-state index in [9.17, 15) is 19.1 Å². The number of halogens is 2. The molecule has 1 heterocycles. The summed E-state index contributed by atoms with van der Waals surface area (Å²) in [5.74, 6) is -3.00. The average Bonchev–Trinajstić information content (AvgIpc) is 2.91. The van der Waals surface area contributed by atoms with Crippen molar-refractivity contribution >= 4 is 34.4 Å². The molecule has 0 bridgehead atoms. The van der Waals surface area contributed by atoms with E-state index >= 15 is 0 Å². The van der Waals surface area contributed by atoms with Crippen molar-refractivity contribution in [1.29, 1.82) is 0 Å². The maximum absolute atomic E-state index is 14.6. The van der Waals surface area contributed by atoms with Crippen molar-refractivity contribution in [2.45, 2.75) is 33.6 Å². The number of ether oxygens (including phenoxy) is 1. The van der Waals surface area contributed by atoms with Gasteiger partial charge in [0.2, 0.25) is 0 Å². The molecule has 1 aromatic heterocycles. The van der Waals surface area contributed by atoms with E-state index in [1.54, 1.807) is 31.2 Å². The van der Waals surface area contributed by atoms with Gasteiger partial charge in [-0.2, -0.15) is 0 Å². The van der Waals surface area contributed by atoms with E-state index in [2.05, 4.69) is 0 Å². The smallest absolute Gasteiger partial charge is 0.311 e. The van der Waals surface area contributed by atoms with E-state index in [4.69, 9.17) is 16.3 Å². The summed E-state index contributed by atoms with van der Waals surface area (Å²) in [4.78, 5) is 25.6. The Morgan fingerprint density at radius 2 is 1.77 bits per heavy atom. The minimum absolute atomic E-state index is 0.0158. The molecule has 1 N–H and O–H groups in total. The summed E-state index contributed by atoms with van der Waals surface area (Å²) in [6.07, 6.45) is 0. The molecule has 0 spiro atoms. The Labute approximate surface area is 179 Å². The van der Waals surface area contributed by atoms with Crippen LogP contribution in [-0.2, 0) is 4.79 Å². The highest BCUT2D eigenvalue weighted by Gasteiger charge is 2.38. The van der Waals surface area contributed by atoms with Gasteiger partial charge in [0.05, 0.1) is 18.5 Å². The Bertz CT molecular complexity index is 1140. The standard InChI is InChI=1S/C23H23ClFNO4/c1-12-19(20(22(28)29)23(2,3)4)15-10-18(30-5)16(25)11-17(15)26(12)21(27)13-6-8-14(24)9-7-13/h6-11,20H,1-5H3,(H,28,29). The molecule has 0 fully saturated rings. The first kappa shape index (κ1) is 21.8. The van der Waals surface area contributed by atoms with Gasteiger partial charge in [0, 0.05) is 27.7 Å². The lowest BCUT2D eigenvalue weighted by molar-refractivity contribution is -0.141. The Morgan fingerprint density at radius 3 is 2.27 bits per heavy atom. The predicted molar refractivity (Wildman–Crippen MR) is 114 cm³/mol. The number of hydrogen-bond acceptors (Lipinski definition) is 3. The third-order valence-electron chi connectivity index (χ3n) is 5.22. The molecular weight excluding hydrogens is 409 g/mol. The van der Waals surface area contributed by atoms with Crippen molar-refractivity contribution in [3.8, 4) is 5.75 Å². The van der Waals surface area contributed by atoms with Crippen LogP contribution in [0.3, 0.4) is 0 Å². The summed E-state index contributed by atoms with van der Waals surface area (Å²) >= 11 is 5.93. The number of carbonyl (C=O) groups excluding carboxylic acids is 1. The molecular formula is C23H23ClFNO4. The Kier molecular flexibility index (Phi) is 5.65. The number of hydrogen-bond donors (Lipinski definition) is 1. The van der Waals surface area contributed by atoms with Crippen molar-refractivity contribution in [1.82, 2.24) is 4.57 Å². The topological polar surface area (TPSA) is 68.5 Å². The van der Waals surface area contributed by atoms with Gasteiger partial charge < -0.3 is 9.84 Å². The predicted octanol–water partition coefficient (Wildman–Crippen LogP) is 5.65. The van der Waals surface area contributed by atoms with Crippen LogP contribution in [0, 0.1) is 18.2 Å². The lowest BCUT2D eigenvalue weighted by Gasteiger charge is -2.28. The molecule has 7 heteroatoms. The van der Waals surface area contributed by atoms with Crippen molar-refractivity contribution in [2.24, 2.45) is 5.41 Å². The molecule has 1 atom stereocenters. The zero-order chi connectivity index (χ0) is 22.4. The van der Waals surface area contributed by atoms with E-state index in [1.807, 2.05) is 20.8 Å². The number of carboxylic acid groups (broad SMARTS) is 1. The molecule has 5 nitrogen and oxygen atoms in total. The van der Waals surface area contributed by atoms with Crippen LogP contribution in [0.5, 0.6) is 5.75 Å². The van der Waals surface area contributed by atoms with Gasteiger partial charge in [-0.25, -0.2) is 4.39 Å². The Hall–Kier alpha value is -2.86. The molecule has 0 aliphatic rings. The van der Waals surface area contributed by atoms with Crippen LogP contribution in [0.1, 0.15) is 48.3 Å². The van der Waals surface area contributed by atoms with Crippen LogP contribution in [-0.4, -0.2) is 28.7 Å². The number of methoxy groups -OCH3 is 1. The van der Waals surface area contributed by atoms with Crippen LogP contribution >= 0.6 is 11.6 Å². The first-order valence-corrected chi connectivity index (χ1v) is 9.76. The van der Waals surface area contributed by atoms with Crippen molar-refractivity contribution in [3.63, 3.8) is 0 Å². The molecule has 0 amide bonds. The minimum Gasteiger partial charge on any atom is -0.494 e. The van der Waals surface area contributed by atoms with E-state index in [1.165, 1.54) is 23.8 Å².